The summed E-state index contributed by atoms with van der Waals surface area (Å²) in [7, 11) is 0. The van der Waals surface area contributed by atoms with E-state index in [4.69, 9.17) is 4.74 Å². The zero-order valence-corrected chi connectivity index (χ0v) is 6.98. The first-order valence-corrected chi connectivity index (χ1v) is 3.70. The third-order valence-electron chi connectivity index (χ3n) is 0.902. The van der Waals surface area contributed by atoms with Gasteiger partial charge in [0.25, 0.3) is 0 Å². The van der Waals surface area contributed by atoms with Crippen LogP contribution in [0.4, 0.5) is 0 Å². The molecule has 2 heteroatoms. The standard InChI is InChI=1S/C8H18O.Al.3H/c1-7(2)5-9-6-8(3)4;;;;/h7-8H,5-6H2,1-4H3;;;;. The maximum atomic E-state index is 5.36. The molecule has 0 fully saturated rings. The Morgan fingerprint density at radius 2 is 1.20 bits per heavy atom. The van der Waals surface area contributed by atoms with Crippen molar-refractivity contribution in [1.82, 2.24) is 0 Å². The molecule has 0 aliphatic carbocycles. The highest BCUT2D eigenvalue weighted by Gasteiger charge is 1.95. The molecule has 0 saturated heterocycles. The van der Waals surface area contributed by atoms with E-state index in [1.165, 1.54) is 0 Å². The predicted octanol–water partition coefficient (Wildman–Crippen LogP) is 1.13. The van der Waals surface area contributed by atoms with E-state index in [-0.39, 0.29) is 17.4 Å². The SMILES string of the molecule is CC(C)COCC(C)C.[AlH3]. The highest BCUT2D eigenvalue weighted by molar-refractivity contribution is 5.75. The van der Waals surface area contributed by atoms with Crippen molar-refractivity contribution in [3.05, 3.63) is 0 Å². The molecule has 0 spiro atoms. The van der Waals surface area contributed by atoms with Gasteiger partial charge in [-0.1, -0.05) is 27.7 Å². The Morgan fingerprint density at radius 1 is 0.900 bits per heavy atom. The van der Waals surface area contributed by atoms with Crippen molar-refractivity contribution in [3.63, 3.8) is 0 Å². The van der Waals surface area contributed by atoms with Gasteiger partial charge < -0.3 is 4.74 Å². The Balaban J connectivity index is 0. The molecule has 0 aromatic heterocycles. The molecule has 0 radical (unpaired) electrons. The van der Waals surface area contributed by atoms with Gasteiger partial charge in [-0.3, -0.25) is 0 Å². The van der Waals surface area contributed by atoms with Crippen molar-refractivity contribution in [1.29, 1.82) is 0 Å². The lowest BCUT2D eigenvalue weighted by atomic mass is 10.2. The third kappa shape index (κ3) is 11.3. The van der Waals surface area contributed by atoms with Crippen LogP contribution >= 0.6 is 0 Å². The van der Waals surface area contributed by atoms with Crippen LogP contribution in [0.15, 0.2) is 0 Å². The average molecular weight is 160 g/mol. The van der Waals surface area contributed by atoms with Gasteiger partial charge in [0.1, 0.15) is 0 Å². The number of hydrogen-bond donors (Lipinski definition) is 0. The minimum absolute atomic E-state index is 0. The van der Waals surface area contributed by atoms with E-state index in [1.807, 2.05) is 0 Å². The van der Waals surface area contributed by atoms with Crippen LogP contribution in [0, 0.1) is 11.8 Å². The van der Waals surface area contributed by atoms with E-state index >= 15 is 0 Å². The van der Waals surface area contributed by atoms with Crippen LogP contribution in [0.5, 0.6) is 0 Å². The molecular formula is C8H21AlO. The van der Waals surface area contributed by atoms with Gasteiger partial charge >= 0.3 is 0 Å². The molecular weight excluding hydrogens is 139 g/mol. The lowest BCUT2D eigenvalue weighted by Crippen LogP contribution is -2.06. The maximum Gasteiger partial charge on any atom is 0.187 e. The Bertz CT molecular complexity index is 54.3. The summed E-state index contributed by atoms with van der Waals surface area (Å²) in [4.78, 5) is 0. The van der Waals surface area contributed by atoms with Crippen molar-refractivity contribution in [2.75, 3.05) is 13.2 Å². The van der Waals surface area contributed by atoms with E-state index in [9.17, 15) is 0 Å². The Labute approximate surface area is 75.3 Å². The van der Waals surface area contributed by atoms with Crippen LogP contribution in [0.2, 0.25) is 0 Å². The number of rotatable bonds is 4. The van der Waals surface area contributed by atoms with Crippen LogP contribution in [-0.2, 0) is 4.74 Å². The van der Waals surface area contributed by atoms with Crippen LogP contribution in [0.25, 0.3) is 0 Å². The van der Waals surface area contributed by atoms with E-state index < -0.39 is 0 Å². The predicted molar refractivity (Wildman–Crippen MR) is 50.4 cm³/mol. The fourth-order valence-electron chi connectivity index (χ4n) is 0.539. The van der Waals surface area contributed by atoms with E-state index in [2.05, 4.69) is 27.7 Å². The highest BCUT2D eigenvalue weighted by Crippen LogP contribution is 1.96. The first-order chi connectivity index (χ1) is 4.13. The molecule has 0 saturated carbocycles. The maximum absolute atomic E-state index is 5.36. The van der Waals surface area contributed by atoms with Gasteiger partial charge in [0.15, 0.2) is 17.4 Å². The molecule has 0 atom stereocenters. The van der Waals surface area contributed by atoms with Gasteiger partial charge in [0.05, 0.1) is 0 Å². The van der Waals surface area contributed by atoms with Crippen LogP contribution in [0.3, 0.4) is 0 Å². The van der Waals surface area contributed by atoms with Gasteiger partial charge in [0, 0.05) is 13.2 Å². The Hall–Kier alpha value is 0.492. The first kappa shape index (κ1) is 13.1. The van der Waals surface area contributed by atoms with Gasteiger partial charge in [-0.05, 0) is 11.8 Å². The molecule has 0 aromatic rings. The van der Waals surface area contributed by atoms with Crippen molar-refractivity contribution in [3.8, 4) is 0 Å². The zero-order valence-electron chi connectivity index (χ0n) is 6.98. The molecule has 0 bridgehead atoms. The van der Waals surface area contributed by atoms with Crippen molar-refractivity contribution < 1.29 is 4.74 Å². The molecule has 0 aliphatic rings. The van der Waals surface area contributed by atoms with Gasteiger partial charge in [-0.2, -0.15) is 0 Å². The van der Waals surface area contributed by atoms with Crippen LogP contribution in [0.1, 0.15) is 27.7 Å². The Kier molecular flexibility index (Phi) is 9.96. The van der Waals surface area contributed by atoms with Crippen molar-refractivity contribution >= 4 is 17.4 Å². The first-order valence-electron chi connectivity index (χ1n) is 3.70. The second kappa shape index (κ2) is 7.60. The number of ether oxygens (including phenoxy) is 1. The minimum atomic E-state index is 0. The third-order valence-corrected chi connectivity index (χ3v) is 0.902. The molecule has 0 heterocycles. The minimum Gasteiger partial charge on any atom is -0.381 e. The summed E-state index contributed by atoms with van der Waals surface area (Å²) in [5, 5.41) is 0. The monoisotopic (exact) mass is 160 g/mol. The zero-order chi connectivity index (χ0) is 7.28. The largest absolute Gasteiger partial charge is 0.381 e. The van der Waals surface area contributed by atoms with E-state index in [0.29, 0.717) is 11.8 Å². The molecule has 0 N–H and O–H groups in total. The number of hydrogen-bond acceptors (Lipinski definition) is 1. The second-order valence-electron chi connectivity index (χ2n) is 3.33. The molecule has 0 aliphatic heterocycles. The van der Waals surface area contributed by atoms with Gasteiger partial charge in [-0.25, -0.2) is 0 Å². The summed E-state index contributed by atoms with van der Waals surface area (Å²) in [6.45, 7) is 10.5. The summed E-state index contributed by atoms with van der Waals surface area (Å²) in [6.07, 6.45) is 0. The Morgan fingerprint density at radius 3 is 1.40 bits per heavy atom. The molecule has 10 heavy (non-hydrogen) atoms. The summed E-state index contributed by atoms with van der Waals surface area (Å²) in [5.41, 5.74) is 0. The van der Waals surface area contributed by atoms with E-state index in [1.54, 1.807) is 0 Å². The normalized spacial score (nSPS) is 10.2. The van der Waals surface area contributed by atoms with Crippen LogP contribution < -0.4 is 0 Å². The summed E-state index contributed by atoms with van der Waals surface area (Å²) in [6, 6.07) is 0. The van der Waals surface area contributed by atoms with Crippen LogP contribution in [-0.4, -0.2) is 30.6 Å². The van der Waals surface area contributed by atoms with Gasteiger partial charge in [0.2, 0.25) is 0 Å². The lowest BCUT2D eigenvalue weighted by molar-refractivity contribution is 0.0886. The fourth-order valence-corrected chi connectivity index (χ4v) is 0.539. The molecule has 0 rings (SSSR count). The molecule has 0 amide bonds. The molecule has 0 unspecified atom stereocenters. The van der Waals surface area contributed by atoms with E-state index in [0.717, 1.165) is 13.2 Å². The molecule has 62 valence electrons. The summed E-state index contributed by atoms with van der Waals surface area (Å²) >= 11 is 0. The quantitative estimate of drug-likeness (QED) is 0.560. The van der Waals surface area contributed by atoms with Gasteiger partial charge in [-0.15, -0.1) is 0 Å². The molecule has 1 nitrogen and oxygen atoms in total. The molecule has 0 aromatic carbocycles. The second-order valence-corrected chi connectivity index (χ2v) is 3.33. The lowest BCUT2D eigenvalue weighted by Gasteiger charge is -2.07. The summed E-state index contributed by atoms with van der Waals surface area (Å²) < 4.78 is 5.36. The van der Waals surface area contributed by atoms with Crippen molar-refractivity contribution in [2.24, 2.45) is 11.8 Å². The highest BCUT2D eigenvalue weighted by atomic mass is 27.0. The summed E-state index contributed by atoms with van der Waals surface area (Å²) in [5.74, 6) is 1.34. The topological polar surface area (TPSA) is 9.23 Å². The smallest absolute Gasteiger partial charge is 0.187 e. The fraction of sp³-hybridized carbons (Fsp3) is 1.00. The van der Waals surface area contributed by atoms with Crippen molar-refractivity contribution in [2.45, 2.75) is 27.7 Å². The average Bonchev–Trinajstić information content (AvgIpc) is 1.63.